The van der Waals surface area contributed by atoms with Gasteiger partial charge in [-0.3, -0.25) is 0 Å². The lowest BCUT2D eigenvalue weighted by Crippen LogP contribution is -2.54. The second kappa shape index (κ2) is 5.46. The average Bonchev–Trinajstić information content (AvgIpc) is 2.85. The Morgan fingerprint density at radius 1 is 1.15 bits per heavy atom. The summed E-state index contributed by atoms with van der Waals surface area (Å²) in [5.41, 5.74) is 2.79. The maximum atomic E-state index is 10.5. The molecule has 130 valence electrons. The molecule has 0 amide bonds. The topological polar surface area (TPSA) is 42.2 Å². The summed E-state index contributed by atoms with van der Waals surface area (Å²) in [6.07, 6.45) is 5.43. The van der Waals surface area contributed by atoms with Crippen LogP contribution in [0.1, 0.15) is 29.0 Å². The Morgan fingerprint density at radius 2 is 1.96 bits per heavy atom. The van der Waals surface area contributed by atoms with Crippen molar-refractivity contribution in [3.8, 4) is 11.8 Å². The van der Waals surface area contributed by atoms with Gasteiger partial charge in [-0.1, -0.05) is 48.6 Å². The molecule has 0 spiro atoms. The van der Waals surface area contributed by atoms with Gasteiger partial charge in [-0.2, -0.15) is 5.26 Å². The second-order valence-electron chi connectivity index (χ2n) is 7.65. The number of benzene rings is 2. The van der Waals surface area contributed by atoms with Gasteiger partial charge in [-0.05, 0) is 41.2 Å². The second-order valence-corrected chi connectivity index (χ2v) is 7.65. The first-order chi connectivity index (χ1) is 12.7. The van der Waals surface area contributed by atoms with E-state index in [-0.39, 0.29) is 17.3 Å². The molecule has 1 saturated heterocycles. The standard InChI is InChI=1S/C23H21NO2/c1-25-19-8-6-17(7-9-19)21-12-18-13-26-15-22(21)11-10-16-4-2-3-5-20(16)23(18,22)14-24/h2-11,18,21H,12-13,15H2,1H3/t18?,21-,22?,23+/m1/s1. The van der Waals surface area contributed by atoms with Gasteiger partial charge >= 0.3 is 0 Å². The minimum Gasteiger partial charge on any atom is -0.497 e. The average molecular weight is 343 g/mol. The van der Waals surface area contributed by atoms with Gasteiger partial charge in [0.25, 0.3) is 0 Å². The third-order valence-corrected chi connectivity index (χ3v) is 6.79. The smallest absolute Gasteiger partial charge is 0.118 e. The van der Waals surface area contributed by atoms with Gasteiger partial charge in [0, 0.05) is 11.3 Å². The number of rotatable bonds is 2. The van der Waals surface area contributed by atoms with Gasteiger partial charge < -0.3 is 9.47 Å². The largest absolute Gasteiger partial charge is 0.497 e. The number of hydrogen-bond acceptors (Lipinski definition) is 3. The zero-order valence-electron chi connectivity index (χ0n) is 14.8. The van der Waals surface area contributed by atoms with Crippen LogP contribution in [0.5, 0.6) is 5.75 Å². The molecule has 2 unspecified atom stereocenters. The summed E-state index contributed by atoms with van der Waals surface area (Å²) in [7, 11) is 1.69. The first kappa shape index (κ1) is 15.7. The Hall–Kier alpha value is -2.57. The summed E-state index contributed by atoms with van der Waals surface area (Å²) in [5, 5.41) is 10.5. The van der Waals surface area contributed by atoms with E-state index in [1.807, 2.05) is 12.1 Å². The van der Waals surface area contributed by atoms with Crippen LogP contribution in [-0.4, -0.2) is 20.3 Å². The van der Waals surface area contributed by atoms with Crippen LogP contribution in [0.3, 0.4) is 0 Å². The van der Waals surface area contributed by atoms with Crippen LogP contribution in [0.4, 0.5) is 0 Å². The summed E-state index contributed by atoms with van der Waals surface area (Å²) >= 11 is 0. The minimum absolute atomic E-state index is 0.208. The van der Waals surface area contributed by atoms with Crippen LogP contribution in [0.15, 0.2) is 54.6 Å². The molecule has 4 atom stereocenters. The molecule has 2 fully saturated rings. The molecule has 2 aromatic carbocycles. The van der Waals surface area contributed by atoms with Crippen molar-refractivity contribution in [1.82, 2.24) is 0 Å². The minimum atomic E-state index is -0.513. The van der Waals surface area contributed by atoms with Gasteiger partial charge in [0.2, 0.25) is 0 Å². The molecular formula is C23H21NO2. The van der Waals surface area contributed by atoms with Crippen LogP contribution in [-0.2, 0) is 10.2 Å². The van der Waals surface area contributed by atoms with Crippen molar-refractivity contribution in [3.05, 3.63) is 71.3 Å². The van der Waals surface area contributed by atoms with Crippen molar-refractivity contribution in [1.29, 1.82) is 5.26 Å². The van der Waals surface area contributed by atoms with Crippen molar-refractivity contribution >= 4 is 6.08 Å². The molecule has 0 radical (unpaired) electrons. The van der Waals surface area contributed by atoms with Gasteiger partial charge in [0.1, 0.15) is 5.75 Å². The zero-order chi connectivity index (χ0) is 17.8. The zero-order valence-corrected chi connectivity index (χ0v) is 14.8. The van der Waals surface area contributed by atoms with Gasteiger partial charge in [0.05, 0.1) is 31.8 Å². The third kappa shape index (κ3) is 1.75. The van der Waals surface area contributed by atoms with E-state index in [4.69, 9.17) is 9.47 Å². The van der Waals surface area contributed by atoms with Crippen molar-refractivity contribution in [2.45, 2.75) is 17.8 Å². The van der Waals surface area contributed by atoms with E-state index in [9.17, 15) is 5.26 Å². The lowest BCUT2D eigenvalue weighted by atomic mass is 9.53. The Kier molecular flexibility index (Phi) is 3.29. The number of nitrogens with zero attached hydrogens (tertiary/aromatic N) is 1. The molecule has 3 aliphatic rings. The highest BCUT2D eigenvalue weighted by Crippen LogP contribution is 2.68. The molecule has 2 bridgehead atoms. The van der Waals surface area contributed by atoms with Gasteiger partial charge in [0.15, 0.2) is 0 Å². The Bertz CT molecular complexity index is 926. The first-order valence-corrected chi connectivity index (χ1v) is 9.17. The number of nitriles is 1. The normalized spacial score (nSPS) is 33.8. The van der Waals surface area contributed by atoms with Crippen LogP contribution >= 0.6 is 0 Å². The fraction of sp³-hybridized carbons (Fsp3) is 0.348. The maximum Gasteiger partial charge on any atom is 0.118 e. The molecule has 3 nitrogen and oxygen atoms in total. The van der Waals surface area contributed by atoms with E-state index in [2.05, 4.69) is 54.6 Å². The molecule has 2 aromatic rings. The van der Waals surface area contributed by atoms with Crippen LogP contribution in [0.25, 0.3) is 6.08 Å². The van der Waals surface area contributed by atoms with E-state index >= 15 is 0 Å². The van der Waals surface area contributed by atoms with E-state index in [0.717, 1.165) is 12.2 Å². The Balaban J connectivity index is 1.72. The number of methoxy groups -OCH3 is 1. The van der Waals surface area contributed by atoms with Crippen molar-refractivity contribution in [2.75, 3.05) is 20.3 Å². The maximum absolute atomic E-state index is 10.5. The Labute approximate surface area is 153 Å². The molecule has 3 heteroatoms. The first-order valence-electron chi connectivity index (χ1n) is 9.17. The lowest BCUT2D eigenvalue weighted by molar-refractivity contribution is -0.0307. The molecule has 1 saturated carbocycles. The van der Waals surface area contributed by atoms with Gasteiger partial charge in [-0.15, -0.1) is 0 Å². The molecule has 5 rings (SSSR count). The van der Waals surface area contributed by atoms with E-state index < -0.39 is 5.41 Å². The molecule has 1 heterocycles. The molecule has 2 aliphatic carbocycles. The third-order valence-electron chi connectivity index (χ3n) is 6.79. The monoisotopic (exact) mass is 343 g/mol. The molecule has 0 N–H and O–H groups in total. The SMILES string of the molecule is COc1ccc([C@H]2CC3COCC24C=Cc2ccccc2[C@]34C#N)cc1. The predicted octanol–water partition coefficient (Wildman–Crippen LogP) is 4.30. The summed E-state index contributed by atoms with van der Waals surface area (Å²) in [5.74, 6) is 1.34. The fourth-order valence-electron chi connectivity index (χ4n) is 5.64. The highest BCUT2D eigenvalue weighted by molar-refractivity contribution is 5.66. The number of hydrogen-bond donors (Lipinski definition) is 0. The quantitative estimate of drug-likeness (QED) is 0.816. The van der Waals surface area contributed by atoms with E-state index in [1.165, 1.54) is 16.7 Å². The molecular weight excluding hydrogens is 322 g/mol. The van der Waals surface area contributed by atoms with Crippen molar-refractivity contribution in [2.24, 2.45) is 11.3 Å². The van der Waals surface area contributed by atoms with Crippen LogP contribution < -0.4 is 4.74 Å². The summed E-state index contributed by atoms with van der Waals surface area (Å²) in [4.78, 5) is 0. The number of fused-ring (bicyclic) bond motifs is 1. The summed E-state index contributed by atoms with van der Waals surface area (Å²) in [6.45, 7) is 1.25. The molecule has 1 aliphatic heterocycles. The number of ether oxygens (including phenoxy) is 2. The van der Waals surface area contributed by atoms with Gasteiger partial charge in [-0.25, -0.2) is 0 Å². The van der Waals surface area contributed by atoms with Crippen LogP contribution in [0, 0.1) is 22.7 Å². The van der Waals surface area contributed by atoms with Crippen molar-refractivity contribution < 1.29 is 9.47 Å². The highest BCUT2D eigenvalue weighted by atomic mass is 16.5. The van der Waals surface area contributed by atoms with E-state index in [0.29, 0.717) is 13.2 Å². The summed E-state index contributed by atoms with van der Waals surface area (Å²) < 4.78 is 11.3. The molecule has 26 heavy (non-hydrogen) atoms. The predicted molar refractivity (Wildman–Crippen MR) is 99.9 cm³/mol. The summed E-state index contributed by atoms with van der Waals surface area (Å²) in [6, 6.07) is 19.5. The van der Waals surface area contributed by atoms with Crippen molar-refractivity contribution in [3.63, 3.8) is 0 Å². The van der Waals surface area contributed by atoms with E-state index in [1.54, 1.807) is 7.11 Å². The Morgan fingerprint density at radius 3 is 2.73 bits per heavy atom. The van der Waals surface area contributed by atoms with Crippen LogP contribution in [0.2, 0.25) is 0 Å². The highest BCUT2D eigenvalue weighted by Gasteiger charge is 2.68. The fourth-order valence-corrected chi connectivity index (χ4v) is 5.64. The molecule has 0 aromatic heterocycles. The lowest BCUT2D eigenvalue weighted by Gasteiger charge is -2.50.